The van der Waals surface area contributed by atoms with Crippen LogP contribution in [0.4, 0.5) is 10.1 Å². The van der Waals surface area contributed by atoms with E-state index in [-0.39, 0.29) is 11.9 Å². The van der Waals surface area contributed by atoms with Crippen molar-refractivity contribution in [3.8, 4) is 0 Å². The Balaban J connectivity index is 1.69. The smallest absolute Gasteiger partial charge is 0.123 e. The molecule has 4 heteroatoms. The van der Waals surface area contributed by atoms with Crippen LogP contribution in [0.25, 0.3) is 0 Å². The molecule has 1 aliphatic carbocycles. The van der Waals surface area contributed by atoms with Gasteiger partial charge in [0, 0.05) is 44.5 Å². The number of piperazine rings is 1. The molecule has 2 aliphatic rings. The van der Waals surface area contributed by atoms with Gasteiger partial charge in [-0.05, 0) is 56.5 Å². The predicted molar refractivity (Wildman–Crippen MR) is 85.3 cm³/mol. The van der Waals surface area contributed by atoms with Crippen LogP contribution in [0.5, 0.6) is 0 Å². The summed E-state index contributed by atoms with van der Waals surface area (Å²) in [6.07, 6.45) is 2.84. The fourth-order valence-corrected chi connectivity index (χ4v) is 3.15. The molecule has 1 saturated carbocycles. The molecule has 3 rings (SSSR count). The zero-order valence-corrected chi connectivity index (χ0v) is 13.1. The Morgan fingerprint density at radius 1 is 1.24 bits per heavy atom. The molecule has 0 bridgehead atoms. The Morgan fingerprint density at radius 3 is 2.57 bits per heavy atom. The number of benzene rings is 1. The summed E-state index contributed by atoms with van der Waals surface area (Å²) < 4.78 is 13.6. The van der Waals surface area contributed by atoms with E-state index in [1.165, 1.54) is 25.1 Å². The van der Waals surface area contributed by atoms with Crippen molar-refractivity contribution in [3.63, 3.8) is 0 Å². The molecule has 21 heavy (non-hydrogen) atoms. The number of nitrogens with one attached hydrogen (secondary N) is 1. The number of hydrogen-bond donors (Lipinski definition) is 1. The van der Waals surface area contributed by atoms with Crippen LogP contribution in [-0.2, 0) is 0 Å². The lowest BCUT2D eigenvalue weighted by Crippen LogP contribution is -2.47. The van der Waals surface area contributed by atoms with Crippen LogP contribution >= 0.6 is 0 Å². The highest BCUT2D eigenvalue weighted by Crippen LogP contribution is 2.31. The van der Waals surface area contributed by atoms with Gasteiger partial charge in [-0.2, -0.15) is 0 Å². The first-order valence-corrected chi connectivity index (χ1v) is 8.11. The van der Waals surface area contributed by atoms with E-state index in [1.807, 2.05) is 13.1 Å². The van der Waals surface area contributed by atoms with Crippen LogP contribution < -0.4 is 10.2 Å². The van der Waals surface area contributed by atoms with E-state index in [1.54, 1.807) is 12.1 Å². The molecule has 1 aromatic rings. The molecule has 1 atom stereocenters. The van der Waals surface area contributed by atoms with Crippen molar-refractivity contribution in [3.05, 3.63) is 29.6 Å². The zero-order valence-electron chi connectivity index (χ0n) is 13.1. The van der Waals surface area contributed by atoms with E-state index in [0.717, 1.165) is 37.7 Å². The van der Waals surface area contributed by atoms with E-state index in [9.17, 15) is 4.39 Å². The quantitative estimate of drug-likeness (QED) is 0.900. The number of rotatable bonds is 5. The average molecular weight is 291 g/mol. The summed E-state index contributed by atoms with van der Waals surface area (Å²) in [5.41, 5.74) is 2.25. The van der Waals surface area contributed by atoms with E-state index in [2.05, 4.69) is 22.0 Å². The van der Waals surface area contributed by atoms with Gasteiger partial charge in [-0.1, -0.05) is 0 Å². The Morgan fingerprint density at radius 2 is 1.95 bits per heavy atom. The molecule has 0 radical (unpaired) electrons. The number of halogens is 1. The molecule has 0 aromatic heterocycles. The van der Waals surface area contributed by atoms with Crippen LogP contribution in [-0.4, -0.2) is 44.7 Å². The van der Waals surface area contributed by atoms with Gasteiger partial charge in [-0.3, -0.25) is 4.90 Å². The molecule has 3 nitrogen and oxygen atoms in total. The molecule has 1 N–H and O–H groups in total. The first-order valence-electron chi connectivity index (χ1n) is 8.11. The van der Waals surface area contributed by atoms with Gasteiger partial charge < -0.3 is 10.2 Å². The van der Waals surface area contributed by atoms with Crippen molar-refractivity contribution in [2.24, 2.45) is 5.92 Å². The Labute approximate surface area is 127 Å². The van der Waals surface area contributed by atoms with Gasteiger partial charge in [0.15, 0.2) is 0 Å². The topological polar surface area (TPSA) is 18.5 Å². The molecule has 1 aliphatic heterocycles. The molecule has 1 aromatic carbocycles. The summed E-state index contributed by atoms with van der Waals surface area (Å²) in [5, 5.41) is 3.23. The predicted octanol–water partition coefficient (Wildman–Crippen LogP) is 2.64. The second-order valence-corrected chi connectivity index (χ2v) is 6.44. The summed E-state index contributed by atoms with van der Waals surface area (Å²) in [6, 6.07) is 5.36. The van der Waals surface area contributed by atoms with Crippen LogP contribution in [0.2, 0.25) is 0 Å². The van der Waals surface area contributed by atoms with Crippen LogP contribution in [0.1, 0.15) is 31.4 Å². The number of hydrogen-bond acceptors (Lipinski definition) is 3. The maximum absolute atomic E-state index is 13.6. The molecule has 0 spiro atoms. The third kappa shape index (κ3) is 3.55. The minimum absolute atomic E-state index is 0.150. The molecule has 0 amide bonds. The summed E-state index contributed by atoms with van der Waals surface area (Å²) in [4.78, 5) is 4.99. The summed E-state index contributed by atoms with van der Waals surface area (Å²) in [7, 11) is 1.92. The van der Waals surface area contributed by atoms with E-state index >= 15 is 0 Å². The van der Waals surface area contributed by atoms with Crippen LogP contribution in [0.15, 0.2) is 18.2 Å². The van der Waals surface area contributed by atoms with E-state index in [4.69, 9.17) is 0 Å². The van der Waals surface area contributed by atoms with Crippen molar-refractivity contribution < 1.29 is 4.39 Å². The first-order chi connectivity index (χ1) is 10.2. The molecular formula is C17H26FN3. The highest BCUT2D eigenvalue weighted by molar-refractivity contribution is 5.55. The molecule has 2 fully saturated rings. The van der Waals surface area contributed by atoms with E-state index < -0.39 is 0 Å². The van der Waals surface area contributed by atoms with Gasteiger partial charge in [0.1, 0.15) is 5.82 Å². The SMILES string of the molecule is CNC(C)c1cc(F)ccc1N1CCN(CC2CC2)CC1. The lowest BCUT2D eigenvalue weighted by molar-refractivity contribution is 0.248. The lowest BCUT2D eigenvalue weighted by atomic mass is 10.0. The monoisotopic (exact) mass is 291 g/mol. The standard InChI is InChI=1S/C17H26FN3/c1-13(19-2)16-11-15(18)5-6-17(16)21-9-7-20(8-10-21)12-14-3-4-14/h5-6,11,13-14,19H,3-4,7-10,12H2,1-2H3. The summed E-state index contributed by atoms with van der Waals surface area (Å²) in [5.74, 6) is 0.811. The second kappa shape index (κ2) is 6.32. The zero-order chi connectivity index (χ0) is 14.8. The van der Waals surface area contributed by atoms with Gasteiger partial charge in [0.05, 0.1) is 0 Å². The van der Waals surface area contributed by atoms with Crippen molar-refractivity contribution in [2.75, 3.05) is 44.7 Å². The van der Waals surface area contributed by atoms with Crippen LogP contribution in [0, 0.1) is 11.7 Å². The Hall–Kier alpha value is -1.13. The normalized spacial score (nSPS) is 21.6. The largest absolute Gasteiger partial charge is 0.369 e. The fourth-order valence-electron chi connectivity index (χ4n) is 3.15. The minimum atomic E-state index is -0.150. The highest BCUT2D eigenvalue weighted by atomic mass is 19.1. The second-order valence-electron chi connectivity index (χ2n) is 6.44. The van der Waals surface area contributed by atoms with Gasteiger partial charge in [0.2, 0.25) is 0 Å². The van der Waals surface area contributed by atoms with Crippen molar-refractivity contribution in [1.29, 1.82) is 0 Å². The molecular weight excluding hydrogens is 265 g/mol. The van der Waals surface area contributed by atoms with Gasteiger partial charge >= 0.3 is 0 Å². The highest BCUT2D eigenvalue weighted by Gasteiger charge is 2.27. The molecule has 1 unspecified atom stereocenters. The maximum Gasteiger partial charge on any atom is 0.123 e. The Bertz CT molecular complexity index is 479. The first kappa shape index (κ1) is 14.8. The number of nitrogens with zero attached hydrogens (tertiary/aromatic N) is 2. The van der Waals surface area contributed by atoms with E-state index in [0.29, 0.717) is 0 Å². The number of anilines is 1. The Kier molecular flexibility index (Phi) is 4.45. The van der Waals surface area contributed by atoms with Crippen molar-refractivity contribution >= 4 is 5.69 Å². The summed E-state index contributed by atoms with van der Waals surface area (Å²) in [6.45, 7) is 7.70. The molecule has 1 heterocycles. The lowest BCUT2D eigenvalue weighted by Gasteiger charge is -2.37. The molecule has 116 valence electrons. The average Bonchev–Trinajstić information content (AvgIpc) is 3.31. The van der Waals surface area contributed by atoms with Gasteiger partial charge in [-0.15, -0.1) is 0 Å². The van der Waals surface area contributed by atoms with Gasteiger partial charge in [0.25, 0.3) is 0 Å². The third-order valence-corrected chi connectivity index (χ3v) is 4.82. The summed E-state index contributed by atoms with van der Waals surface area (Å²) >= 11 is 0. The molecule has 1 saturated heterocycles. The van der Waals surface area contributed by atoms with Crippen LogP contribution in [0.3, 0.4) is 0 Å². The third-order valence-electron chi connectivity index (χ3n) is 4.82. The van der Waals surface area contributed by atoms with Crippen molar-refractivity contribution in [1.82, 2.24) is 10.2 Å². The maximum atomic E-state index is 13.6. The van der Waals surface area contributed by atoms with Gasteiger partial charge in [-0.25, -0.2) is 4.39 Å². The fraction of sp³-hybridized carbons (Fsp3) is 0.647. The van der Waals surface area contributed by atoms with Crippen molar-refractivity contribution in [2.45, 2.75) is 25.8 Å². The minimum Gasteiger partial charge on any atom is -0.369 e.